The molecule has 1 atom stereocenters. The first kappa shape index (κ1) is 17.2. The van der Waals surface area contributed by atoms with E-state index in [4.69, 9.17) is 0 Å². The number of amides is 1. The van der Waals surface area contributed by atoms with E-state index in [-0.39, 0.29) is 16.1 Å². The zero-order valence-electron chi connectivity index (χ0n) is 13.2. The minimum absolute atomic E-state index is 0.0441. The van der Waals surface area contributed by atoms with Gasteiger partial charge < -0.3 is 5.32 Å². The van der Waals surface area contributed by atoms with Crippen LogP contribution in [0.2, 0.25) is 0 Å². The van der Waals surface area contributed by atoms with Gasteiger partial charge in [-0.2, -0.15) is 5.10 Å². The molecule has 0 spiro atoms. The van der Waals surface area contributed by atoms with Crippen molar-refractivity contribution in [2.24, 2.45) is 5.41 Å². The van der Waals surface area contributed by atoms with E-state index >= 15 is 0 Å². The summed E-state index contributed by atoms with van der Waals surface area (Å²) in [6.45, 7) is 12.0. The maximum Gasteiger partial charge on any atom is 0.269 e. The lowest BCUT2D eigenvalue weighted by molar-refractivity contribution is 0.0942. The molecule has 0 aliphatic carbocycles. The summed E-state index contributed by atoms with van der Waals surface area (Å²) in [4.78, 5) is 12.5. The number of nitrogens with one attached hydrogen (secondary N) is 1. The third-order valence-corrected chi connectivity index (χ3v) is 3.69. The summed E-state index contributed by atoms with van der Waals surface area (Å²) in [7, 11) is 0. The summed E-state index contributed by atoms with van der Waals surface area (Å²) in [5, 5.41) is 7.39. The second-order valence-corrected chi connectivity index (χ2v) is 7.56. The van der Waals surface area contributed by atoms with Gasteiger partial charge in [-0.3, -0.25) is 9.48 Å². The van der Waals surface area contributed by atoms with Crippen molar-refractivity contribution in [2.45, 2.75) is 58.8 Å². The number of aryl methyl sites for hydroxylation is 2. The zero-order valence-corrected chi connectivity index (χ0v) is 14.7. The van der Waals surface area contributed by atoms with Gasteiger partial charge in [0, 0.05) is 17.9 Å². The second-order valence-electron chi connectivity index (χ2n) is 6.26. The number of carbonyl (C=O) groups excluding carboxylic acids is 1. The summed E-state index contributed by atoms with van der Waals surface area (Å²) in [6.07, 6.45) is 1.86. The number of carbonyl (C=O) groups is 1. The normalized spacial score (nSPS) is 13.3. The fourth-order valence-electron chi connectivity index (χ4n) is 2.10. The Labute approximate surface area is 130 Å². The van der Waals surface area contributed by atoms with E-state index in [1.165, 1.54) is 0 Å². The molecule has 1 aromatic heterocycles. The number of rotatable bonds is 6. The highest BCUT2D eigenvalue weighted by Crippen LogP contribution is 2.24. The van der Waals surface area contributed by atoms with Gasteiger partial charge in [-0.05, 0) is 31.2 Å². The lowest BCUT2D eigenvalue weighted by atomic mass is 9.90. The molecule has 4 nitrogen and oxygen atoms in total. The first-order chi connectivity index (χ1) is 9.26. The molecule has 0 bridgehead atoms. The van der Waals surface area contributed by atoms with Crippen LogP contribution in [0.5, 0.6) is 0 Å². The van der Waals surface area contributed by atoms with Gasteiger partial charge in [-0.1, -0.05) is 43.6 Å². The number of nitrogens with zero attached hydrogens (tertiary/aromatic N) is 2. The van der Waals surface area contributed by atoms with Gasteiger partial charge in [0.2, 0.25) is 0 Å². The quantitative estimate of drug-likeness (QED) is 0.804. The highest BCUT2D eigenvalue weighted by molar-refractivity contribution is 9.09. The predicted octanol–water partition coefficient (Wildman–Crippen LogP) is 3.39. The van der Waals surface area contributed by atoms with Crippen molar-refractivity contribution in [2.75, 3.05) is 6.54 Å². The first-order valence-corrected chi connectivity index (χ1v) is 8.17. The highest BCUT2D eigenvalue weighted by atomic mass is 79.9. The second kappa shape index (κ2) is 7.25. The van der Waals surface area contributed by atoms with Gasteiger partial charge in [0.05, 0.1) is 5.69 Å². The van der Waals surface area contributed by atoms with Gasteiger partial charge in [0.25, 0.3) is 5.91 Å². The Hall–Kier alpha value is -0.840. The van der Waals surface area contributed by atoms with E-state index < -0.39 is 0 Å². The van der Waals surface area contributed by atoms with Crippen LogP contribution in [0.25, 0.3) is 0 Å². The standard InChI is InChI=1S/C15H26BrN3O/c1-6-12-8-13(19(7-2)18-12)14(20)17-10-11(16)9-15(3,4)5/h8,11H,6-7,9-10H2,1-5H3,(H,17,20). The minimum Gasteiger partial charge on any atom is -0.350 e. The highest BCUT2D eigenvalue weighted by Gasteiger charge is 2.19. The van der Waals surface area contributed by atoms with Gasteiger partial charge in [-0.25, -0.2) is 0 Å². The van der Waals surface area contributed by atoms with Crippen molar-refractivity contribution in [1.82, 2.24) is 15.1 Å². The van der Waals surface area contributed by atoms with Crippen LogP contribution in [0.1, 0.15) is 57.2 Å². The number of hydrogen-bond acceptors (Lipinski definition) is 2. The molecule has 0 aliphatic heterocycles. The molecule has 0 saturated heterocycles. The minimum atomic E-state index is -0.0441. The van der Waals surface area contributed by atoms with E-state index in [9.17, 15) is 4.79 Å². The number of halogens is 1. The van der Waals surface area contributed by atoms with Crippen molar-refractivity contribution in [3.63, 3.8) is 0 Å². The Morgan fingerprint density at radius 2 is 2.10 bits per heavy atom. The molecule has 0 aliphatic rings. The summed E-state index contributed by atoms with van der Waals surface area (Å²) in [5.74, 6) is -0.0441. The largest absolute Gasteiger partial charge is 0.350 e. The van der Waals surface area contributed by atoms with Gasteiger partial charge in [-0.15, -0.1) is 0 Å². The third kappa shape index (κ3) is 5.27. The molecule has 20 heavy (non-hydrogen) atoms. The molecule has 5 heteroatoms. The van der Waals surface area contributed by atoms with E-state index in [0.717, 1.165) is 18.5 Å². The van der Waals surface area contributed by atoms with E-state index in [0.29, 0.717) is 18.8 Å². The molecule has 0 fully saturated rings. The van der Waals surface area contributed by atoms with Crippen molar-refractivity contribution in [3.8, 4) is 0 Å². The molecule has 1 unspecified atom stereocenters. The summed E-state index contributed by atoms with van der Waals surface area (Å²) >= 11 is 3.63. The Morgan fingerprint density at radius 3 is 2.60 bits per heavy atom. The van der Waals surface area contributed by atoms with Gasteiger partial charge in [0.1, 0.15) is 5.69 Å². The molecular formula is C15H26BrN3O. The van der Waals surface area contributed by atoms with E-state index in [1.54, 1.807) is 4.68 Å². The summed E-state index contributed by atoms with van der Waals surface area (Å²) < 4.78 is 1.77. The monoisotopic (exact) mass is 343 g/mol. The topological polar surface area (TPSA) is 46.9 Å². The number of aromatic nitrogens is 2. The Morgan fingerprint density at radius 1 is 1.45 bits per heavy atom. The number of alkyl halides is 1. The Kier molecular flexibility index (Phi) is 6.24. The van der Waals surface area contributed by atoms with Gasteiger partial charge >= 0.3 is 0 Å². The lowest BCUT2D eigenvalue weighted by Gasteiger charge is -2.22. The average molecular weight is 344 g/mol. The molecule has 0 saturated carbocycles. The summed E-state index contributed by atoms with van der Waals surface area (Å²) in [6, 6.07) is 1.88. The molecule has 1 amide bonds. The molecule has 0 radical (unpaired) electrons. The SMILES string of the molecule is CCc1cc(C(=O)NCC(Br)CC(C)(C)C)n(CC)n1. The van der Waals surface area contributed by atoms with Crippen LogP contribution in [0, 0.1) is 5.41 Å². The van der Waals surface area contributed by atoms with Crippen LogP contribution in [0.15, 0.2) is 6.07 Å². The molecule has 1 N–H and O–H groups in total. The smallest absolute Gasteiger partial charge is 0.269 e. The maximum absolute atomic E-state index is 12.2. The van der Waals surface area contributed by atoms with Crippen molar-refractivity contribution in [3.05, 3.63) is 17.5 Å². The predicted molar refractivity (Wildman–Crippen MR) is 86.4 cm³/mol. The van der Waals surface area contributed by atoms with Crippen LogP contribution < -0.4 is 5.32 Å². The Balaban J connectivity index is 2.61. The fourth-order valence-corrected chi connectivity index (χ4v) is 3.23. The van der Waals surface area contributed by atoms with Crippen molar-refractivity contribution in [1.29, 1.82) is 0 Å². The van der Waals surface area contributed by atoms with Crippen LogP contribution in [0.4, 0.5) is 0 Å². The van der Waals surface area contributed by atoms with Crippen molar-refractivity contribution >= 4 is 21.8 Å². The zero-order chi connectivity index (χ0) is 15.3. The molecule has 1 aromatic rings. The molecule has 1 rings (SSSR count). The molecule has 1 heterocycles. The maximum atomic E-state index is 12.2. The molecule has 114 valence electrons. The number of hydrogen-bond donors (Lipinski definition) is 1. The van der Waals surface area contributed by atoms with E-state index in [1.807, 2.05) is 19.9 Å². The van der Waals surface area contributed by atoms with Gasteiger partial charge in [0.15, 0.2) is 0 Å². The fraction of sp³-hybridized carbons (Fsp3) is 0.733. The Bertz CT molecular complexity index is 448. The van der Waals surface area contributed by atoms with Crippen LogP contribution in [0.3, 0.4) is 0 Å². The van der Waals surface area contributed by atoms with E-state index in [2.05, 4.69) is 47.1 Å². The third-order valence-electron chi connectivity index (χ3n) is 3.04. The lowest BCUT2D eigenvalue weighted by Crippen LogP contribution is -2.32. The molecular weight excluding hydrogens is 318 g/mol. The average Bonchev–Trinajstić information content (AvgIpc) is 2.77. The van der Waals surface area contributed by atoms with Crippen LogP contribution >= 0.6 is 15.9 Å². The van der Waals surface area contributed by atoms with Crippen LogP contribution in [-0.4, -0.2) is 27.1 Å². The van der Waals surface area contributed by atoms with Crippen LogP contribution in [-0.2, 0) is 13.0 Å². The van der Waals surface area contributed by atoms with Crippen molar-refractivity contribution < 1.29 is 4.79 Å². The first-order valence-electron chi connectivity index (χ1n) is 7.25. The molecule has 0 aromatic carbocycles. The summed E-state index contributed by atoms with van der Waals surface area (Å²) in [5.41, 5.74) is 1.86.